The second-order valence-electron chi connectivity index (χ2n) is 6.26. The van der Waals surface area contributed by atoms with Crippen LogP contribution in [0.1, 0.15) is 70.3 Å². The average Bonchev–Trinajstić information content (AvgIpc) is 2.57. The molecule has 0 bridgehead atoms. The summed E-state index contributed by atoms with van der Waals surface area (Å²) in [5.41, 5.74) is 1.53. The Morgan fingerprint density at radius 1 is 0.864 bits per heavy atom. The van der Waals surface area contributed by atoms with Gasteiger partial charge < -0.3 is 0 Å². The Bertz CT molecular complexity index is 579. The summed E-state index contributed by atoms with van der Waals surface area (Å²) < 4.78 is 0. The molecule has 118 valence electrons. The molecule has 0 saturated carbocycles. The minimum Gasteiger partial charge on any atom is -0.0888 e. The summed E-state index contributed by atoms with van der Waals surface area (Å²) in [6.45, 7) is 4.50. The van der Waals surface area contributed by atoms with E-state index >= 15 is 0 Å². The first-order valence-corrected chi connectivity index (χ1v) is 8.98. The minimum atomic E-state index is 0.722. The molecule has 0 saturated heterocycles. The van der Waals surface area contributed by atoms with Crippen LogP contribution < -0.4 is 0 Å². The molecular formula is C22H30. The molecule has 0 amide bonds. The van der Waals surface area contributed by atoms with Gasteiger partial charge in [0.1, 0.15) is 0 Å². The van der Waals surface area contributed by atoms with Gasteiger partial charge in [0, 0.05) is 0 Å². The molecule has 0 aliphatic heterocycles. The predicted molar refractivity (Wildman–Crippen MR) is 99.5 cm³/mol. The van der Waals surface area contributed by atoms with Crippen molar-refractivity contribution in [3.8, 4) is 0 Å². The van der Waals surface area contributed by atoms with Gasteiger partial charge in [-0.3, -0.25) is 0 Å². The van der Waals surface area contributed by atoms with E-state index in [-0.39, 0.29) is 0 Å². The van der Waals surface area contributed by atoms with Crippen LogP contribution in [0.2, 0.25) is 0 Å². The lowest BCUT2D eigenvalue weighted by Gasteiger charge is -2.17. The monoisotopic (exact) mass is 294 g/mol. The molecule has 1 atom stereocenters. The molecule has 0 heteroatoms. The quantitative estimate of drug-likeness (QED) is 0.337. The van der Waals surface area contributed by atoms with Gasteiger partial charge in [-0.2, -0.15) is 0 Å². The van der Waals surface area contributed by atoms with Crippen LogP contribution in [0.15, 0.2) is 54.6 Å². The Hall–Kier alpha value is -1.56. The van der Waals surface area contributed by atoms with Gasteiger partial charge in [0.05, 0.1) is 0 Å². The van der Waals surface area contributed by atoms with Crippen LogP contribution in [0.25, 0.3) is 10.8 Å². The molecule has 22 heavy (non-hydrogen) atoms. The molecule has 1 unspecified atom stereocenters. The third kappa shape index (κ3) is 5.02. The lowest BCUT2D eigenvalue weighted by molar-refractivity contribution is 0.531. The second-order valence-corrected chi connectivity index (χ2v) is 6.26. The SMILES string of the molecule is CCC=CCCCC(CCCC)c1ccc2ccccc2c1. The van der Waals surface area contributed by atoms with Gasteiger partial charge in [0.15, 0.2) is 0 Å². The maximum Gasteiger partial charge on any atom is -0.0162 e. The van der Waals surface area contributed by atoms with Crippen molar-refractivity contribution in [2.45, 2.75) is 64.7 Å². The standard InChI is InChI=1S/C22H30/c1-3-5-7-8-9-13-19(12-6-4-2)22-17-16-20-14-10-11-15-21(20)18-22/h5,7,10-11,14-19H,3-4,6,8-9,12-13H2,1-2H3. The first kappa shape index (κ1) is 16.8. The molecule has 0 nitrogen and oxygen atoms in total. The highest BCUT2D eigenvalue weighted by atomic mass is 14.2. The number of rotatable bonds is 9. The molecule has 0 aromatic heterocycles. The Balaban J connectivity index is 2.06. The zero-order chi connectivity index (χ0) is 15.6. The van der Waals surface area contributed by atoms with Crippen molar-refractivity contribution >= 4 is 10.8 Å². The van der Waals surface area contributed by atoms with Gasteiger partial charge in [-0.1, -0.05) is 81.3 Å². The van der Waals surface area contributed by atoms with Crippen LogP contribution in [-0.2, 0) is 0 Å². The van der Waals surface area contributed by atoms with Crippen LogP contribution >= 0.6 is 0 Å². The van der Waals surface area contributed by atoms with Crippen LogP contribution in [0.3, 0.4) is 0 Å². The maximum absolute atomic E-state index is 2.41. The van der Waals surface area contributed by atoms with Crippen LogP contribution in [-0.4, -0.2) is 0 Å². The number of benzene rings is 2. The van der Waals surface area contributed by atoms with Crippen molar-refractivity contribution in [3.05, 3.63) is 60.2 Å². The van der Waals surface area contributed by atoms with Crippen molar-refractivity contribution < 1.29 is 0 Å². The molecule has 0 aliphatic rings. The zero-order valence-corrected chi connectivity index (χ0v) is 14.2. The predicted octanol–water partition coefficient (Wildman–Crippen LogP) is 7.25. The Morgan fingerprint density at radius 3 is 2.41 bits per heavy atom. The van der Waals surface area contributed by atoms with Crippen LogP contribution in [0.5, 0.6) is 0 Å². The largest absolute Gasteiger partial charge is 0.0888 e. The fourth-order valence-electron chi connectivity index (χ4n) is 3.16. The molecular weight excluding hydrogens is 264 g/mol. The van der Waals surface area contributed by atoms with Crippen molar-refractivity contribution in [1.29, 1.82) is 0 Å². The number of hydrogen-bond donors (Lipinski definition) is 0. The van der Waals surface area contributed by atoms with Crippen molar-refractivity contribution in [3.63, 3.8) is 0 Å². The molecule has 0 heterocycles. The van der Waals surface area contributed by atoms with Crippen molar-refractivity contribution in [2.24, 2.45) is 0 Å². The number of hydrogen-bond acceptors (Lipinski definition) is 0. The van der Waals surface area contributed by atoms with E-state index in [9.17, 15) is 0 Å². The molecule has 2 rings (SSSR count). The van der Waals surface area contributed by atoms with Gasteiger partial charge in [0.2, 0.25) is 0 Å². The third-order valence-corrected chi connectivity index (χ3v) is 4.48. The summed E-state index contributed by atoms with van der Waals surface area (Å²) in [6, 6.07) is 15.8. The summed E-state index contributed by atoms with van der Waals surface area (Å²) in [5.74, 6) is 0.722. The van der Waals surface area contributed by atoms with Crippen LogP contribution in [0, 0.1) is 0 Å². The van der Waals surface area contributed by atoms with Gasteiger partial charge in [-0.15, -0.1) is 0 Å². The summed E-state index contributed by atoms with van der Waals surface area (Å²) in [5, 5.41) is 2.73. The van der Waals surface area contributed by atoms with E-state index in [0.29, 0.717) is 0 Å². The first-order chi connectivity index (χ1) is 10.8. The molecule has 0 aliphatic carbocycles. The van der Waals surface area contributed by atoms with E-state index in [4.69, 9.17) is 0 Å². The normalized spacial score (nSPS) is 13.0. The van der Waals surface area contributed by atoms with Gasteiger partial charge in [-0.05, 0) is 54.4 Å². The highest BCUT2D eigenvalue weighted by Crippen LogP contribution is 2.30. The third-order valence-electron chi connectivity index (χ3n) is 4.48. The lowest BCUT2D eigenvalue weighted by atomic mass is 9.88. The van der Waals surface area contributed by atoms with Crippen molar-refractivity contribution in [2.75, 3.05) is 0 Å². The molecule has 0 N–H and O–H groups in total. The van der Waals surface area contributed by atoms with E-state index in [1.807, 2.05) is 0 Å². The zero-order valence-electron chi connectivity index (χ0n) is 14.2. The maximum atomic E-state index is 2.41. The second kappa shape index (κ2) is 9.46. The smallest absolute Gasteiger partial charge is 0.0162 e. The lowest BCUT2D eigenvalue weighted by Crippen LogP contribution is -1.99. The topological polar surface area (TPSA) is 0 Å². The van der Waals surface area contributed by atoms with Gasteiger partial charge in [0.25, 0.3) is 0 Å². The first-order valence-electron chi connectivity index (χ1n) is 8.98. The Morgan fingerprint density at radius 2 is 1.64 bits per heavy atom. The summed E-state index contributed by atoms with van der Waals surface area (Å²) >= 11 is 0. The van der Waals surface area contributed by atoms with Gasteiger partial charge in [-0.25, -0.2) is 0 Å². The van der Waals surface area contributed by atoms with E-state index in [2.05, 4.69) is 68.5 Å². The molecule has 0 fully saturated rings. The fraction of sp³-hybridized carbons (Fsp3) is 0.455. The fourth-order valence-corrected chi connectivity index (χ4v) is 3.16. The number of fused-ring (bicyclic) bond motifs is 1. The highest BCUT2D eigenvalue weighted by Gasteiger charge is 2.11. The Labute approximate surface area is 136 Å². The van der Waals surface area contributed by atoms with E-state index < -0.39 is 0 Å². The summed E-state index contributed by atoms with van der Waals surface area (Å²) in [4.78, 5) is 0. The van der Waals surface area contributed by atoms with E-state index in [1.165, 1.54) is 54.9 Å². The number of unbranched alkanes of at least 4 members (excludes halogenated alkanes) is 2. The van der Waals surface area contributed by atoms with Crippen molar-refractivity contribution in [1.82, 2.24) is 0 Å². The summed E-state index contributed by atoms with van der Waals surface area (Å²) in [6.07, 6.45) is 13.6. The van der Waals surface area contributed by atoms with Gasteiger partial charge >= 0.3 is 0 Å². The van der Waals surface area contributed by atoms with Crippen LogP contribution in [0.4, 0.5) is 0 Å². The molecule has 0 spiro atoms. The van der Waals surface area contributed by atoms with E-state index in [1.54, 1.807) is 0 Å². The highest BCUT2D eigenvalue weighted by molar-refractivity contribution is 5.83. The average molecular weight is 294 g/mol. The molecule has 2 aromatic carbocycles. The summed E-state index contributed by atoms with van der Waals surface area (Å²) in [7, 11) is 0. The van der Waals surface area contributed by atoms with E-state index in [0.717, 1.165) is 12.3 Å². The molecule has 0 radical (unpaired) electrons. The Kier molecular flexibility index (Phi) is 7.22. The number of allylic oxidation sites excluding steroid dienone is 2. The molecule has 2 aromatic rings. The minimum absolute atomic E-state index is 0.722.